The highest BCUT2D eigenvalue weighted by molar-refractivity contribution is 9.11. The van der Waals surface area contributed by atoms with Gasteiger partial charge in [-0.25, -0.2) is 13.2 Å². The van der Waals surface area contributed by atoms with E-state index in [1.807, 2.05) is 0 Å². The molecule has 128 valence electrons. The number of hydrogen-bond donors (Lipinski definition) is 2. The number of esters is 1. The molecule has 0 fully saturated rings. The van der Waals surface area contributed by atoms with E-state index in [9.17, 15) is 18.0 Å². The summed E-state index contributed by atoms with van der Waals surface area (Å²) in [4.78, 5) is 22.7. The average molecular weight is 433 g/mol. The van der Waals surface area contributed by atoms with Crippen molar-refractivity contribution in [2.75, 3.05) is 17.1 Å². The third-order valence-electron chi connectivity index (χ3n) is 2.77. The van der Waals surface area contributed by atoms with Gasteiger partial charge in [0.2, 0.25) is 5.91 Å². The van der Waals surface area contributed by atoms with Crippen molar-refractivity contribution in [1.29, 1.82) is 0 Å². The number of methoxy groups -OCH3 is 1. The number of anilines is 2. The third-order valence-corrected chi connectivity index (χ3v) is 6.38. The van der Waals surface area contributed by atoms with Gasteiger partial charge in [-0.15, -0.1) is 11.3 Å². The predicted octanol–water partition coefficient (Wildman–Crippen LogP) is 3.06. The molecule has 0 radical (unpaired) electrons. The van der Waals surface area contributed by atoms with Crippen LogP contribution in [0.1, 0.15) is 16.6 Å². The smallest absolute Gasteiger partial charge is 0.348 e. The minimum atomic E-state index is -3.92. The van der Waals surface area contributed by atoms with Crippen molar-refractivity contribution in [3.05, 3.63) is 39.0 Å². The summed E-state index contributed by atoms with van der Waals surface area (Å²) < 4.78 is 32.3. The van der Waals surface area contributed by atoms with Crippen LogP contribution in [0.3, 0.4) is 0 Å². The number of nitrogens with one attached hydrogen (secondary N) is 2. The quantitative estimate of drug-likeness (QED) is 0.706. The van der Waals surface area contributed by atoms with Gasteiger partial charge in [-0.3, -0.25) is 9.52 Å². The Morgan fingerprint density at radius 3 is 2.50 bits per heavy atom. The lowest BCUT2D eigenvalue weighted by Crippen LogP contribution is -2.13. The first kappa shape index (κ1) is 18.4. The molecule has 10 heteroatoms. The number of ether oxygens (including phenoxy) is 1. The SMILES string of the molecule is COC(=O)c1cc(S(=O)(=O)Nc2cccc(NC(C)=O)c2)c(Br)s1. The Balaban J connectivity index is 2.30. The Morgan fingerprint density at radius 2 is 1.88 bits per heavy atom. The molecule has 0 atom stereocenters. The molecule has 2 rings (SSSR count). The lowest BCUT2D eigenvalue weighted by molar-refractivity contribution is -0.114. The molecular weight excluding hydrogens is 420 g/mol. The Kier molecular flexibility index (Phi) is 5.62. The summed E-state index contributed by atoms with van der Waals surface area (Å²) in [6.07, 6.45) is 0. The van der Waals surface area contributed by atoms with Crippen molar-refractivity contribution in [1.82, 2.24) is 0 Å². The van der Waals surface area contributed by atoms with E-state index in [-0.39, 0.29) is 25.2 Å². The first-order valence-electron chi connectivity index (χ1n) is 6.51. The number of thiophene rings is 1. The molecule has 2 aromatic rings. The van der Waals surface area contributed by atoms with Gasteiger partial charge < -0.3 is 10.1 Å². The average Bonchev–Trinajstić information content (AvgIpc) is 2.88. The Labute approximate surface area is 151 Å². The van der Waals surface area contributed by atoms with Crippen molar-refractivity contribution in [3.8, 4) is 0 Å². The maximum atomic E-state index is 12.5. The fourth-order valence-electron chi connectivity index (χ4n) is 1.81. The number of sulfonamides is 1. The molecule has 0 saturated heterocycles. The molecule has 2 N–H and O–H groups in total. The van der Waals surface area contributed by atoms with Gasteiger partial charge in [0, 0.05) is 12.6 Å². The van der Waals surface area contributed by atoms with Crippen LogP contribution in [0.15, 0.2) is 39.0 Å². The summed E-state index contributed by atoms with van der Waals surface area (Å²) >= 11 is 4.11. The largest absolute Gasteiger partial charge is 0.465 e. The fraction of sp³-hybridized carbons (Fsp3) is 0.143. The van der Waals surface area contributed by atoms with Gasteiger partial charge in [-0.05, 0) is 40.2 Å². The zero-order valence-corrected chi connectivity index (χ0v) is 15.8. The minimum Gasteiger partial charge on any atom is -0.465 e. The van der Waals surface area contributed by atoms with E-state index >= 15 is 0 Å². The molecule has 7 nitrogen and oxygen atoms in total. The molecule has 0 aliphatic heterocycles. The van der Waals surface area contributed by atoms with E-state index in [2.05, 4.69) is 30.7 Å². The lowest BCUT2D eigenvalue weighted by atomic mass is 10.3. The number of hydrogen-bond acceptors (Lipinski definition) is 6. The number of carbonyl (C=O) groups is 2. The summed E-state index contributed by atoms with van der Waals surface area (Å²) in [5, 5.41) is 2.57. The molecule has 0 saturated carbocycles. The summed E-state index contributed by atoms with van der Waals surface area (Å²) in [7, 11) is -2.70. The normalized spacial score (nSPS) is 11.0. The van der Waals surface area contributed by atoms with Crippen LogP contribution in [0.5, 0.6) is 0 Å². The Morgan fingerprint density at radius 1 is 1.21 bits per heavy atom. The van der Waals surface area contributed by atoms with Crippen LogP contribution in [0.4, 0.5) is 11.4 Å². The van der Waals surface area contributed by atoms with E-state index in [1.54, 1.807) is 18.2 Å². The van der Waals surface area contributed by atoms with E-state index in [4.69, 9.17) is 0 Å². The van der Waals surface area contributed by atoms with Crippen molar-refractivity contribution >= 4 is 60.5 Å². The third kappa shape index (κ3) is 4.34. The van der Waals surface area contributed by atoms with Gasteiger partial charge in [0.1, 0.15) is 9.77 Å². The number of halogens is 1. The molecule has 0 unspecified atom stereocenters. The van der Waals surface area contributed by atoms with Crippen molar-refractivity contribution in [2.24, 2.45) is 0 Å². The number of amides is 1. The van der Waals surface area contributed by atoms with Crippen LogP contribution >= 0.6 is 27.3 Å². The second-order valence-electron chi connectivity index (χ2n) is 4.61. The molecule has 1 amide bonds. The summed E-state index contributed by atoms with van der Waals surface area (Å²) in [5.74, 6) is -0.881. The maximum Gasteiger partial charge on any atom is 0.348 e. The number of benzene rings is 1. The van der Waals surface area contributed by atoms with E-state index in [0.717, 1.165) is 11.3 Å². The van der Waals surface area contributed by atoms with Crippen LogP contribution in [-0.4, -0.2) is 27.4 Å². The van der Waals surface area contributed by atoms with Crippen LogP contribution in [0.25, 0.3) is 0 Å². The molecule has 1 heterocycles. The van der Waals surface area contributed by atoms with E-state index in [1.165, 1.54) is 26.2 Å². The molecule has 0 bridgehead atoms. The van der Waals surface area contributed by atoms with Gasteiger partial charge in [0.25, 0.3) is 10.0 Å². The zero-order chi connectivity index (χ0) is 17.9. The first-order chi connectivity index (χ1) is 11.2. The lowest BCUT2D eigenvalue weighted by Gasteiger charge is -2.09. The predicted molar refractivity (Wildman–Crippen MR) is 94.9 cm³/mol. The Hall–Kier alpha value is -1.91. The van der Waals surface area contributed by atoms with Gasteiger partial charge in [-0.2, -0.15) is 0 Å². The first-order valence-corrected chi connectivity index (χ1v) is 9.60. The Bertz CT molecular complexity index is 892. The van der Waals surface area contributed by atoms with Gasteiger partial charge in [0.05, 0.1) is 16.6 Å². The molecule has 0 aliphatic carbocycles. The summed E-state index contributed by atoms with van der Waals surface area (Å²) in [6, 6.07) is 7.51. The van der Waals surface area contributed by atoms with E-state index < -0.39 is 16.0 Å². The zero-order valence-electron chi connectivity index (χ0n) is 12.6. The molecule has 24 heavy (non-hydrogen) atoms. The summed E-state index contributed by atoms with van der Waals surface area (Å²) in [6.45, 7) is 1.35. The van der Waals surface area contributed by atoms with Crippen molar-refractivity contribution in [3.63, 3.8) is 0 Å². The van der Waals surface area contributed by atoms with Crippen molar-refractivity contribution in [2.45, 2.75) is 11.8 Å². The summed E-state index contributed by atoms with van der Waals surface area (Å²) in [5.41, 5.74) is 0.737. The second-order valence-corrected chi connectivity index (χ2v) is 8.63. The van der Waals surface area contributed by atoms with E-state index in [0.29, 0.717) is 5.69 Å². The molecule has 0 spiro atoms. The minimum absolute atomic E-state index is 0.0715. The fourth-order valence-corrected chi connectivity index (χ4v) is 5.34. The number of carbonyl (C=O) groups excluding carboxylic acids is 2. The van der Waals surface area contributed by atoms with Crippen LogP contribution in [0.2, 0.25) is 0 Å². The highest BCUT2D eigenvalue weighted by atomic mass is 79.9. The van der Waals surface area contributed by atoms with Gasteiger partial charge in [-0.1, -0.05) is 6.07 Å². The number of rotatable bonds is 5. The van der Waals surface area contributed by atoms with Gasteiger partial charge in [0.15, 0.2) is 0 Å². The van der Waals surface area contributed by atoms with Crippen molar-refractivity contribution < 1.29 is 22.7 Å². The van der Waals surface area contributed by atoms with Crippen LogP contribution in [-0.2, 0) is 19.6 Å². The van der Waals surface area contributed by atoms with Gasteiger partial charge >= 0.3 is 5.97 Å². The maximum absolute atomic E-state index is 12.5. The van der Waals surface area contributed by atoms with Crippen LogP contribution in [0, 0.1) is 0 Å². The van der Waals surface area contributed by atoms with Crippen LogP contribution < -0.4 is 10.0 Å². The molecule has 1 aromatic heterocycles. The monoisotopic (exact) mass is 432 g/mol. The highest BCUT2D eigenvalue weighted by Gasteiger charge is 2.24. The molecule has 1 aromatic carbocycles. The molecular formula is C14H13BrN2O5S2. The topological polar surface area (TPSA) is 102 Å². The standard InChI is InChI=1S/C14H13BrN2O5S2/c1-8(18)16-9-4-3-5-10(6-9)17-24(20,21)12-7-11(14(19)22-2)23-13(12)15/h3-7,17H,1-2H3,(H,16,18). The molecule has 0 aliphatic rings. The highest BCUT2D eigenvalue weighted by Crippen LogP contribution is 2.33. The second kappa shape index (κ2) is 7.32.